The van der Waals surface area contributed by atoms with Gasteiger partial charge in [-0.2, -0.15) is 0 Å². The van der Waals surface area contributed by atoms with Crippen LogP contribution in [0.2, 0.25) is 0 Å². The van der Waals surface area contributed by atoms with Crippen LogP contribution in [0.5, 0.6) is 0 Å². The van der Waals surface area contributed by atoms with E-state index < -0.39 is 0 Å². The van der Waals surface area contributed by atoms with Gasteiger partial charge in [0.15, 0.2) is 0 Å². The minimum Gasteiger partial charge on any atom is -0.465 e. The van der Waals surface area contributed by atoms with Crippen molar-refractivity contribution in [3.05, 3.63) is 24.3 Å². The van der Waals surface area contributed by atoms with Crippen molar-refractivity contribution in [2.75, 3.05) is 19.8 Å². The second-order valence-corrected chi connectivity index (χ2v) is 2.73. The summed E-state index contributed by atoms with van der Waals surface area (Å²) in [5.41, 5.74) is 0. The molecule has 0 spiro atoms. The first-order valence-electron chi connectivity index (χ1n) is 4.54. The number of hydrogen-bond donors (Lipinski definition) is 0. The fourth-order valence-electron chi connectivity index (χ4n) is 0.856. The lowest BCUT2D eigenvalue weighted by Gasteiger charge is -2.06. The molecule has 1 heterocycles. The molecule has 1 rings (SSSR count). The van der Waals surface area contributed by atoms with Crippen LogP contribution in [-0.4, -0.2) is 32.0 Å². The molecular formula is C10H13NO4. The molecule has 0 saturated carbocycles. The minimum absolute atomic E-state index is 0.252. The van der Waals surface area contributed by atoms with Crippen molar-refractivity contribution in [2.24, 2.45) is 4.99 Å². The van der Waals surface area contributed by atoms with Crippen LogP contribution >= 0.6 is 0 Å². The smallest absolute Gasteiger partial charge is 0.302 e. The second-order valence-electron chi connectivity index (χ2n) is 2.73. The summed E-state index contributed by atoms with van der Waals surface area (Å²) < 4.78 is 15.0. The summed E-state index contributed by atoms with van der Waals surface area (Å²) in [5, 5.41) is 0. The van der Waals surface area contributed by atoms with Crippen LogP contribution in [0.15, 0.2) is 29.3 Å². The first kappa shape index (κ1) is 11.5. The summed E-state index contributed by atoms with van der Waals surface area (Å²) in [4.78, 5) is 14.3. The highest BCUT2D eigenvalue weighted by Gasteiger charge is 1.99. The first-order chi connectivity index (χ1) is 7.29. The number of nitrogens with zero attached hydrogens (tertiary/aromatic N) is 1. The second kappa shape index (κ2) is 6.78. The number of carbonyl (C=O) groups is 1. The van der Waals surface area contributed by atoms with E-state index in [1.807, 2.05) is 0 Å². The number of aliphatic imine (C=N–C) groups is 1. The Hall–Kier alpha value is -1.62. The van der Waals surface area contributed by atoms with Crippen molar-refractivity contribution in [3.8, 4) is 0 Å². The Kier molecular flexibility index (Phi) is 5.18. The van der Waals surface area contributed by atoms with Gasteiger partial charge >= 0.3 is 5.97 Å². The van der Waals surface area contributed by atoms with Gasteiger partial charge in [-0.3, -0.25) is 9.79 Å². The van der Waals surface area contributed by atoms with Crippen molar-refractivity contribution in [1.29, 1.82) is 0 Å². The lowest BCUT2D eigenvalue weighted by atomic mass is 10.5. The zero-order valence-electron chi connectivity index (χ0n) is 8.51. The molecule has 0 fully saturated rings. The number of hydrogen-bond acceptors (Lipinski definition) is 5. The van der Waals surface area contributed by atoms with Crippen molar-refractivity contribution in [2.45, 2.75) is 6.92 Å². The molecule has 0 N–H and O–H groups in total. The average molecular weight is 211 g/mol. The van der Waals surface area contributed by atoms with Crippen molar-refractivity contribution < 1.29 is 19.0 Å². The number of allylic oxidation sites excluding steroid dienone is 1. The van der Waals surface area contributed by atoms with Crippen LogP contribution in [0.25, 0.3) is 0 Å². The molecule has 5 heteroatoms. The van der Waals surface area contributed by atoms with Gasteiger partial charge in [-0.05, 0) is 6.08 Å². The van der Waals surface area contributed by atoms with E-state index in [9.17, 15) is 4.79 Å². The zero-order valence-corrected chi connectivity index (χ0v) is 8.51. The standard InChI is InChI=1S/C10H13NO4/c1-9(12)14-6-5-13-8-10-7-11-3-2-4-15-10/h2-4,7H,5-6,8H2,1H3. The van der Waals surface area contributed by atoms with E-state index in [2.05, 4.69) is 9.73 Å². The number of ether oxygens (including phenoxy) is 3. The highest BCUT2D eigenvalue weighted by Crippen LogP contribution is 2.02. The van der Waals surface area contributed by atoms with Crippen LogP contribution in [0.1, 0.15) is 6.92 Å². The molecule has 0 bridgehead atoms. The molecule has 0 unspecified atom stereocenters. The van der Waals surface area contributed by atoms with Gasteiger partial charge in [-0.15, -0.1) is 0 Å². The van der Waals surface area contributed by atoms with Crippen LogP contribution in [0, 0.1) is 0 Å². The summed E-state index contributed by atoms with van der Waals surface area (Å²) in [7, 11) is 0. The van der Waals surface area contributed by atoms with E-state index in [-0.39, 0.29) is 12.6 Å². The summed E-state index contributed by atoms with van der Waals surface area (Å²) in [6.45, 7) is 2.26. The normalized spacial score (nSPS) is 14.1. The molecule has 0 aromatic rings. The van der Waals surface area contributed by atoms with E-state index >= 15 is 0 Å². The van der Waals surface area contributed by atoms with E-state index in [0.717, 1.165) is 0 Å². The predicted molar refractivity (Wildman–Crippen MR) is 54.3 cm³/mol. The van der Waals surface area contributed by atoms with Gasteiger partial charge in [-0.25, -0.2) is 0 Å². The topological polar surface area (TPSA) is 57.1 Å². The number of rotatable bonds is 5. The van der Waals surface area contributed by atoms with Gasteiger partial charge < -0.3 is 14.2 Å². The average Bonchev–Trinajstić information content (AvgIpc) is 2.45. The summed E-state index contributed by atoms with van der Waals surface area (Å²) in [5.74, 6) is 0.305. The molecular weight excluding hydrogens is 198 g/mol. The summed E-state index contributed by atoms with van der Waals surface area (Å²) in [6.07, 6.45) is 6.40. The Labute approximate surface area is 88.0 Å². The van der Waals surface area contributed by atoms with Crippen LogP contribution in [0.4, 0.5) is 0 Å². The Morgan fingerprint density at radius 2 is 2.40 bits per heavy atom. The SMILES string of the molecule is CC(=O)OCCOCC1=CN=CC=CO1. The molecule has 0 aliphatic carbocycles. The maximum atomic E-state index is 10.4. The van der Waals surface area contributed by atoms with E-state index in [4.69, 9.17) is 9.47 Å². The molecule has 1 aliphatic rings. The number of carbonyl (C=O) groups excluding carboxylic acids is 1. The predicted octanol–water partition coefficient (Wildman–Crippen LogP) is 1.02. The van der Waals surface area contributed by atoms with E-state index in [1.165, 1.54) is 13.2 Å². The highest BCUT2D eigenvalue weighted by molar-refractivity contribution is 5.71. The minimum atomic E-state index is -0.309. The molecule has 0 aromatic carbocycles. The largest absolute Gasteiger partial charge is 0.465 e. The quantitative estimate of drug-likeness (QED) is 0.503. The number of esters is 1. The first-order valence-corrected chi connectivity index (χ1v) is 4.54. The summed E-state index contributed by atoms with van der Waals surface area (Å²) >= 11 is 0. The van der Waals surface area contributed by atoms with Crippen LogP contribution < -0.4 is 0 Å². The molecule has 0 radical (unpaired) electrons. The van der Waals surface area contributed by atoms with Gasteiger partial charge in [0.1, 0.15) is 19.0 Å². The van der Waals surface area contributed by atoms with E-state index in [1.54, 1.807) is 18.5 Å². The molecule has 1 aliphatic heterocycles. The third-order valence-electron chi connectivity index (χ3n) is 1.47. The lowest BCUT2D eigenvalue weighted by molar-refractivity contribution is -0.142. The Balaban J connectivity index is 2.09. The fraction of sp³-hybridized carbons (Fsp3) is 0.400. The monoisotopic (exact) mass is 211 g/mol. The Morgan fingerprint density at radius 1 is 1.53 bits per heavy atom. The van der Waals surface area contributed by atoms with Gasteiger partial charge in [-0.1, -0.05) is 0 Å². The Bertz CT molecular complexity index is 294. The fourth-order valence-corrected chi connectivity index (χ4v) is 0.856. The Morgan fingerprint density at radius 3 is 3.20 bits per heavy atom. The highest BCUT2D eigenvalue weighted by atomic mass is 16.6. The van der Waals surface area contributed by atoms with Gasteiger partial charge in [0.2, 0.25) is 0 Å². The lowest BCUT2D eigenvalue weighted by Crippen LogP contribution is -2.09. The van der Waals surface area contributed by atoms with Crippen LogP contribution in [-0.2, 0) is 19.0 Å². The summed E-state index contributed by atoms with van der Waals surface area (Å²) in [6, 6.07) is 0. The van der Waals surface area contributed by atoms with Crippen molar-refractivity contribution in [3.63, 3.8) is 0 Å². The zero-order chi connectivity index (χ0) is 10.9. The molecule has 5 nitrogen and oxygen atoms in total. The molecule has 0 atom stereocenters. The van der Waals surface area contributed by atoms with Gasteiger partial charge in [0.05, 0.1) is 19.1 Å². The maximum Gasteiger partial charge on any atom is 0.302 e. The molecule has 15 heavy (non-hydrogen) atoms. The molecule has 0 amide bonds. The van der Waals surface area contributed by atoms with Crippen molar-refractivity contribution in [1.82, 2.24) is 0 Å². The maximum absolute atomic E-state index is 10.4. The third kappa shape index (κ3) is 5.64. The molecule has 82 valence electrons. The third-order valence-corrected chi connectivity index (χ3v) is 1.47. The molecule has 0 saturated heterocycles. The van der Waals surface area contributed by atoms with Gasteiger partial charge in [0, 0.05) is 13.1 Å². The van der Waals surface area contributed by atoms with E-state index in [0.29, 0.717) is 19.0 Å². The van der Waals surface area contributed by atoms with Crippen LogP contribution in [0.3, 0.4) is 0 Å². The van der Waals surface area contributed by atoms with Gasteiger partial charge in [0.25, 0.3) is 0 Å². The molecule has 0 aromatic heterocycles. The van der Waals surface area contributed by atoms with Crippen molar-refractivity contribution >= 4 is 12.2 Å².